The van der Waals surface area contributed by atoms with E-state index in [1.165, 1.54) is 4.90 Å². The van der Waals surface area contributed by atoms with E-state index in [4.69, 9.17) is 11.6 Å². The summed E-state index contributed by atoms with van der Waals surface area (Å²) in [5.41, 5.74) is -0.616. The highest BCUT2D eigenvalue weighted by atomic mass is 35.5. The van der Waals surface area contributed by atoms with Crippen molar-refractivity contribution in [2.45, 2.75) is 58.2 Å². The minimum atomic E-state index is -1.27. The van der Waals surface area contributed by atoms with Crippen molar-refractivity contribution in [3.05, 3.63) is 28.8 Å². The van der Waals surface area contributed by atoms with Gasteiger partial charge in [0.25, 0.3) is 0 Å². The first-order valence-electron chi connectivity index (χ1n) is 9.75. The Morgan fingerprint density at radius 1 is 1.18 bits per heavy atom. The number of anilines is 1. The summed E-state index contributed by atoms with van der Waals surface area (Å²) in [6.07, 6.45) is 0.698. The Bertz CT molecular complexity index is 891. The van der Waals surface area contributed by atoms with Crippen molar-refractivity contribution in [3.63, 3.8) is 0 Å². The molecule has 0 saturated carbocycles. The Labute approximate surface area is 170 Å². The van der Waals surface area contributed by atoms with E-state index < -0.39 is 22.9 Å². The van der Waals surface area contributed by atoms with E-state index in [0.717, 1.165) is 0 Å². The molecule has 3 amide bonds. The predicted octanol–water partition coefficient (Wildman–Crippen LogP) is 2.91. The van der Waals surface area contributed by atoms with Gasteiger partial charge >= 0.3 is 0 Å². The summed E-state index contributed by atoms with van der Waals surface area (Å²) in [5, 5.41) is 6.81. The smallest absolute Gasteiger partial charge is 0.250 e. The number of carbonyl (C=O) groups excluding carboxylic acids is 3. The zero-order chi connectivity index (χ0) is 20.6. The predicted molar refractivity (Wildman–Crippen MR) is 107 cm³/mol. The van der Waals surface area contributed by atoms with E-state index in [-0.39, 0.29) is 23.8 Å². The monoisotopic (exact) mass is 403 g/mol. The van der Waals surface area contributed by atoms with E-state index in [1.54, 1.807) is 18.2 Å². The summed E-state index contributed by atoms with van der Waals surface area (Å²) in [5.74, 6) is -1.80. The minimum absolute atomic E-state index is 0.194. The molecule has 150 valence electrons. The Balaban J connectivity index is 1.91. The molecule has 4 atom stereocenters. The zero-order valence-corrected chi connectivity index (χ0v) is 17.6. The lowest BCUT2D eigenvalue weighted by atomic mass is 9.76. The third-order valence-corrected chi connectivity index (χ3v) is 6.31. The maximum absolute atomic E-state index is 13.5. The number of nitrogens with one attached hydrogen (secondary N) is 2. The van der Waals surface area contributed by atoms with Crippen molar-refractivity contribution >= 4 is 35.0 Å². The van der Waals surface area contributed by atoms with Crippen LogP contribution in [0.1, 0.15) is 46.6 Å². The first-order valence-corrected chi connectivity index (χ1v) is 10.1. The van der Waals surface area contributed by atoms with E-state index in [9.17, 15) is 14.4 Å². The van der Waals surface area contributed by atoms with Gasteiger partial charge in [-0.1, -0.05) is 25.4 Å². The van der Waals surface area contributed by atoms with Crippen molar-refractivity contribution in [1.82, 2.24) is 10.2 Å². The zero-order valence-electron chi connectivity index (χ0n) is 16.8. The summed E-state index contributed by atoms with van der Waals surface area (Å²) < 4.78 is 0. The lowest BCUT2D eigenvalue weighted by Crippen LogP contribution is -2.55. The average molecular weight is 404 g/mol. The molecule has 0 radical (unpaired) electrons. The Morgan fingerprint density at radius 2 is 1.86 bits per heavy atom. The van der Waals surface area contributed by atoms with Crippen LogP contribution < -0.4 is 10.6 Å². The molecule has 0 bridgehead atoms. The molecule has 4 rings (SSSR count). The van der Waals surface area contributed by atoms with Crippen molar-refractivity contribution in [2.75, 3.05) is 5.32 Å². The van der Waals surface area contributed by atoms with Gasteiger partial charge in [-0.2, -0.15) is 0 Å². The molecule has 28 heavy (non-hydrogen) atoms. The molecule has 2 N–H and O–H groups in total. The van der Waals surface area contributed by atoms with Gasteiger partial charge in [-0.05, 0) is 51.3 Å². The Kier molecular flexibility index (Phi) is 4.18. The normalized spacial score (nSPS) is 31.8. The van der Waals surface area contributed by atoms with Gasteiger partial charge in [0.1, 0.15) is 5.54 Å². The molecule has 0 aliphatic carbocycles. The number of nitrogens with zero attached hydrogens (tertiary/aromatic N) is 1. The molecule has 1 aromatic carbocycles. The molecule has 1 spiro atoms. The molecule has 6 nitrogen and oxygen atoms in total. The summed E-state index contributed by atoms with van der Waals surface area (Å²) in [6, 6.07) is 4.93. The van der Waals surface area contributed by atoms with Gasteiger partial charge in [-0.15, -0.1) is 0 Å². The van der Waals surface area contributed by atoms with Gasteiger partial charge in [-0.25, -0.2) is 0 Å². The maximum Gasteiger partial charge on any atom is 0.250 e. The van der Waals surface area contributed by atoms with Crippen LogP contribution in [-0.4, -0.2) is 34.2 Å². The topological polar surface area (TPSA) is 78.5 Å². The van der Waals surface area contributed by atoms with Crippen molar-refractivity contribution in [3.8, 4) is 0 Å². The quantitative estimate of drug-likeness (QED) is 0.744. The molecular weight excluding hydrogens is 378 g/mol. The van der Waals surface area contributed by atoms with Gasteiger partial charge in [0.05, 0.1) is 11.8 Å². The number of fused-ring (bicyclic) bond motifs is 4. The van der Waals surface area contributed by atoms with Crippen LogP contribution in [0.4, 0.5) is 5.69 Å². The molecule has 0 aromatic heterocycles. The van der Waals surface area contributed by atoms with Crippen LogP contribution in [0, 0.1) is 17.8 Å². The number of rotatable bonds is 2. The second kappa shape index (κ2) is 6.04. The minimum Gasteiger partial charge on any atom is -0.324 e. The standard InChI is InChI=1S/C21H26ClN3O3/c1-10(2)8-14-15-16(18(27)25(17(15)26)20(3,4)5)21(24-14)12-9-11(22)6-7-13(12)23-19(21)28/h6-7,9-10,14-16,24H,8H2,1-5H3,(H,23,28)/t14-,15+,16-,21-/m0/s1. The van der Waals surface area contributed by atoms with Crippen LogP contribution >= 0.6 is 11.6 Å². The lowest BCUT2D eigenvalue weighted by Gasteiger charge is -2.34. The van der Waals surface area contributed by atoms with Crippen LogP contribution in [-0.2, 0) is 19.9 Å². The van der Waals surface area contributed by atoms with Crippen LogP contribution in [0.5, 0.6) is 0 Å². The molecule has 7 heteroatoms. The molecule has 3 aliphatic rings. The molecule has 0 unspecified atom stereocenters. The first kappa shape index (κ1) is 19.4. The van der Waals surface area contributed by atoms with Crippen LogP contribution in [0.15, 0.2) is 18.2 Å². The largest absolute Gasteiger partial charge is 0.324 e. The number of benzene rings is 1. The van der Waals surface area contributed by atoms with Crippen LogP contribution in [0.2, 0.25) is 5.02 Å². The molecule has 3 aliphatic heterocycles. The second-order valence-corrected chi connectivity index (χ2v) is 9.96. The third-order valence-electron chi connectivity index (χ3n) is 6.07. The number of halogens is 1. The molecule has 2 fully saturated rings. The summed E-state index contributed by atoms with van der Waals surface area (Å²) in [7, 11) is 0. The highest BCUT2D eigenvalue weighted by Crippen LogP contribution is 2.54. The van der Waals surface area contributed by atoms with Gasteiger partial charge < -0.3 is 5.32 Å². The molecular formula is C21H26ClN3O3. The van der Waals surface area contributed by atoms with E-state index in [1.807, 2.05) is 20.8 Å². The Hall–Kier alpha value is -1.92. The highest BCUT2D eigenvalue weighted by molar-refractivity contribution is 6.31. The number of likely N-dealkylation sites (tertiary alicyclic amines) is 1. The van der Waals surface area contributed by atoms with Gasteiger partial charge in [0.2, 0.25) is 17.7 Å². The molecule has 2 saturated heterocycles. The molecule has 1 aromatic rings. The Morgan fingerprint density at radius 3 is 2.46 bits per heavy atom. The SMILES string of the molecule is CC(C)C[C@@H]1N[C@]2(C(=O)Nc3ccc(Cl)cc32)[C@@H]2C(=O)N(C(C)(C)C)C(=O)[C@H]12. The number of hydrogen-bond donors (Lipinski definition) is 2. The van der Waals surface area contributed by atoms with E-state index in [0.29, 0.717) is 28.6 Å². The fraction of sp³-hybridized carbons (Fsp3) is 0.571. The number of carbonyl (C=O) groups is 3. The van der Waals surface area contributed by atoms with Gasteiger partial charge in [0, 0.05) is 27.9 Å². The van der Waals surface area contributed by atoms with E-state index in [2.05, 4.69) is 24.5 Å². The average Bonchev–Trinajstić information content (AvgIpc) is 3.12. The number of imide groups is 1. The van der Waals surface area contributed by atoms with Crippen molar-refractivity contribution in [2.24, 2.45) is 17.8 Å². The van der Waals surface area contributed by atoms with Gasteiger partial charge in [0.15, 0.2) is 0 Å². The van der Waals surface area contributed by atoms with Crippen LogP contribution in [0.25, 0.3) is 0 Å². The fourth-order valence-corrected chi connectivity index (χ4v) is 5.32. The van der Waals surface area contributed by atoms with Gasteiger partial charge in [-0.3, -0.25) is 24.6 Å². The lowest BCUT2D eigenvalue weighted by molar-refractivity contribution is -0.147. The number of hydrogen-bond acceptors (Lipinski definition) is 4. The fourth-order valence-electron chi connectivity index (χ4n) is 5.15. The van der Waals surface area contributed by atoms with Crippen molar-refractivity contribution in [1.29, 1.82) is 0 Å². The van der Waals surface area contributed by atoms with Crippen LogP contribution in [0.3, 0.4) is 0 Å². The third kappa shape index (κ3) is 2.47. The second-order valence-electron chi connectivity index (χ2n) is 9.52. The summed E-state index contributed by atoms with van der Waals surface area (Å²) >= 11 is 6.23. The molecule has 3 heterocycles. The van der Waals surface area contributed by atoms with E-state index >= 15 is 0 Å². The maximum atomic E-state index is 13.5. The summed E-state index contributed by atoms with van der Waals surface area (Å²) in [6.45, 7) is 9.69. The first-order chi connectivity index (χ1) is 13.0. The summed E-state index contributed by atoms with van der Waals surface area (Å²) in [4.78, 5) is 41.5. The van der Waals surface area contributed by atoms with Crippen molar-refractivity contribution < 1.29 is 14.4 Å². The highest BCUT2D eigenvalue weighted by Gasteiger charge is 2.71. The number of amides is 3.